The molecule has 2 heterocycles. The summed E-state index contributed by atoms with van der Waals surface area (Å²) in [6.45, 7) is 11.1. The van der Waals surface area contributed by atoms with Gasteiger partial charge in [0.1, 0.15) is 5.76 Å². The molecular weight excluding hydrogens is 214 g/mol. The van der Waals surface area contributed by atoms with Crippen LogP contribution in [0, 0.1) is 20.8 Å². The fourth-order valence-electron chi connectivity index (χ4n) is 2.00. The Morgan fingerprint density at radius 1 is 1.18 bits per heavy atom. The molecule has 0 bridgehead atoms. The number of nitrogens with zero attached hydrogens (tertiary/aromatic N) is 3. The molecule has 2 aromatic heterocycles. The first-order valence-electron chi connectivity index (χ1n) is 6.09. The summed E-state index contributed by atoms with van der Waals surface area (Å²) in [5.74, 6) is 1.59. The van der Waals surface area contributed by atoms with Crippen molar-refractivity contribution in [3.05, 3.63) is 22.7 Å². The summed E-state index contributed by atoms with van der Waals surface area (Å²) in [5.41, 5.74) is 4.16. The van der Waals surface area contributed by atoms with Crippen LogP contribution in [0.1, 0.15) is 36.6 Å². The lowest BCUT2D eigenvalue weighted by Crippen LogP contribution is -1.98. The predicted octanol–water partition coefficient (Wildman–Crippen LogP) is 3.05. The molecule has 0 aliphatic heterocycles. The molecule has 0 saturated heterocycles. The lowest BCUT2D eigenvalue weighted by molar-refractivity contribution is 0.518. The van der Waals surface area contributed by atoms with Gasteiger partial charge in [-0.3, -0.25) is 4.68 Å². The molecule has 0 saturated carbocycles. The maximum Gasteiger partial charge on any atom is 0.247 e. The van der Waals surface area contributed by atoms with Gasteiger partial charge in [0.25, 0.3) is 0 Å². The smallest absolute Gasteiger partial charge is 0.247 e. The van der Waals surface area contributed by atoms with Gasteiger partial charge in [-0.15, -0.1) is 0 Å². The van der Waals surface area contributed by atoms with Crippen molar-refractivity contribution in [2.75, 3.05) is 0 Å². The van der Waals surface area contributed by atoms with Gasteiger partial charge in [0, 0.05) is 24.2 Å². The number of rotatable bonds is 3. The van der Waals surface area contributed by atoms with E-state index >= 15 is 0 Å². The van der Waals surface area contributed by atoms with Crippen molar-refractivity contribution in [2.24, 2.45) is 0 Å². The maximum absolute atomic E-state index is 5.76. The Labute approximate surface area is 102 Å². The fourth-order valence-corrected chi connectivity index (χ4v) is 2.00. The van der Waals surface area contributed by atoms with E-state index in [9.17, 15) is 0 Å². The number of hydrogen-bond donors (Lipinski definition) is 0. The summed E-state index contributed by atoms with van der Waals surface area (Å²) in [5, 5.41) is 4.55. The third-order valence-corrected chi connectivity index (χ3v) is 3.22. The maximum atomic E-state index is 5.76. The number of aromatic nitrogens is 3. The van der Waals surface area contributed by atoms with E-state index in [1.807, 2.05) is 11.6 Å². The van der Waals surface area contributed by atoms with Gasteiger partial charge in [-0.1, -0.05) is 6.92 Å². The second-order valence-electron chi connectivity index (χ2n) is 4.26. The number of hydrogen-bond acceptors (Lipinski definition) is 3. The van der Waals surface area contributed by atoms with Gasteiger partial charge in [0.05, 0.1) is 5.69 Å². The van der Waals surface area contributed by atoms with E-state index in [0.717, 1.165) is 35.7 Å². The predicted molar refractivity (Wildman–Crippen MR) is 67.0 cm³/mol. The molecule has 4 nitrogen and oxygen atoms in total. The van der Waals surface area contributed by atoms with Crippen LogP contribution in [0.15, 0.2) is 4.42 Å². The van der Waals surface area contributed by atoms with Gasteiger partial charge in [-0.2, -0.15) is 5.10 Å². The van der Waals surface area contributed by atoms with Crippen LogP contribution in [0.5, 0.6) is 0 Å². The van der Waals surface area contributed by atoms with E-state index in [-0.39, 0.29) is 0 Å². The zero-order valence-corrected chi connectivity index (χ0v) is 11.2. The summed E-state index contributed by atoms with van der Waals surface area (Å²) in [7, 11) is 0. The lowest BCUT2D eigenvalue weighted by atomic mass is 10.2. The van der Waals surface area contributed by atoms with Crippen molar-refractivity contribution < 1.29 is 4.42 Å². The molecule has 0 spiro atoms. The third-order valence-electron chi connectivity index (χ3n) is 3.22. The van der Waals surface area contributed by atoms with Crippen molar-refractivity contribution in [1.82, 2.24) is 14.8 Å². The highest BCUT2D eigenvalue weighted by Crippen LogP contribution is 2.25. The van der Waals surface area contributed by atoms with Crippen LogP contribution in [-0.4, -0.2) is 14.8 Å². The molecule has 2 aromatic rings. The summed E-state index contributed by atoms with van der Waals surface area (Å²) >= 11 is 0. The Balaban J connectivity index is 2.52. The molecule has 0 unspecified atom stereocenters. The SMILES string of the molecule is CCc1oc(-c2nn(CC)c(C)c2C)nc1C. The highest BCUT2D eigenvalue weighted by Gasteiger charge is 2.17. The molecule has 17 heavy (non-hydrogen) atoms. The van der Waals surface area contributed by atoms with E-state index < -0.39 is 0 Å². The molecule has 0 aliphatic carbocycles. The average Bonchev–Trinajstić information content (AvgIpc) is 2.82. The molecule has 0 N–H and O–H groups in total. The van der Waals surface area contributed by atoms with Crippen molar-refractivity contribution in [3.63, 3.8) is 0 Å². The Hall–Kier alpha value is -1.58. The first-order valence-corrected chi connectivity index (χ1v) is 6.09. The van der Waals surface area contributed by atoms with Gasteiger partial charge in [0.2, 0.25) is 5.89 Å². The van der Waals surface area contributed by atoms with Crippen LogP contribution in [0.3, 0.4) is 0 Å². The zero-order chi connectivity index (χ0) is 12.6. The normalized spacial score (nSPS) is 11.1. The second-order valence-corrected chi connectivity index (χ2v) is 4.26. The summed E-state index contributed by atoms with van der Waals surface area (Å²) in [6.07, 6.45) is 0.866. The molecule has 4 heteroatoms. The van der Waals surface area contributed by atoms with Gasteiger partial charge in [-0.05, 0) is 27.7 Å². The Morgan fingerprint density at radius 2 is 1.88 bits per heavy atom. The molecule has 92 valence electrons. The number of oxazole rings is 1. The van der Waals surface area contributed by atoms with Crippen LogP contribution in [-0.2, 0) is 13.0 Å². The van der Waals surface area contributed by atoms with Crippen molar-refractivity contribution in [2.45, 2.75) is 47.6 Å². The number of aryl methyl sites for hydroxylation is 3. The first-order chi connectivity index (χ1) is 8.08. The van der Waals surface area contributed by atoms with Gasteiger partial charge < -0.3 is 4.42 Å². The van der Waals surface area contributed by atoms with Crippen LogP contribution in [0.25, 0.3) is 11.6 Å². The molecule has 0 fully saturated rings. The highest BCUT2D eigenvalue weighted by molar-refractivity contribution is 5.54. The van der Waals surface area contributed by atoms with Crippen LogP contribution >= 0.6 is 0 Å². The van der Waals surface area contributed by atoms with Crippen molar-refractivity contribution in [3.8, 4) is 11.6 Å². The fraction of sp³-hybridized carbons (Fsp3) is 0.538. The van der Waals surface area contributed by atoms with E-state index in [4.69, 9.17) is 4.42 Å². The van der Waals surface area contributed by atoms with Crippen molar-refractivity contribution >= 4 is 0 Å². The van der Waals surface area contributed by atoms with Crippen LogP contribution in [0.4, 0.5) is 0 Å². The van der Waals surface area contributed by atoms with E-state index in [2.05, 4.69) is 37.8 Å². The minimum Gasteiger partial charge on any atom is -0.440 e. The minimum atomic E-state index is 0.646. The Bertz CT molecular complexity index is 537. The van der Waals surface area contributed by atoms with Crippen molar-refractivity contribution in [1.29, 1.82) is 0 Å². The monoisotopic (exact) mass is 233 g/mol. The van der Waals surface area contributed by atoms with Crippen LogP contribution < -0.4 is 0 Å². The topological polar surface area (TPSA) is 43.9 Å². The third kappa shape index (κ3) is 1.88. The quantitative estimate of drug-likeness (QED) is 0.818. The molecule has 0 radical (unpaired) electrons. The Morgan fingerprint density at radius 3 is 2.35 bits per heavy atom. The first kappa shape index (κ1) is 11.9. The molecule has 0 aliphatic rings. The molecule has 0 aromatic carbocycles. The molecule has 0 atom stereocenters. The summed E-state index contributed by atoms with van der Waals surface area (Å²) < 4.78 is 7.74. The van der Waals surface area contributed by atoms with E-state index in [1.54, 1.807) is 0 Å². The highest BCUT2D eigenvalue weighted by atomic mass is 16.4. The summed E-state index contributed by atoms with van der Waals surface area (Å²) in [6, 6.07) is 0. The standard InChI is InChI=1S/C13H19N3O/c1-6-11-9(4)14-13(17-11)12-8(3)10(5)16(7-2)15-12/h6-7H2,1-5H3. The zero-order valence-electron chi connectivity index (χ0n) is 11.2. The molecular formula is C13H19N3O. The lowest BCUT2D eigenvalue weighted by Gasteiger charge is -1.96. The van der Waals surface area contributed by atoms with E-state index in [0.29, 0.717) is 5.89 Å². The van der Waals surface area contributed by atoms with Gasteiger partial charge in [0.15, 0.2) is 5.69 Å². The largest absolute Gasteiger partial charge is 0.440 e. The van der Waals surface area contributed by atoms with E-state index in [1.165, 1.54) is 5.69 Å². The Kier molecular flexibility index (Phi) is 3.05. The molecule has 0 amide bonds. The average molecular weight is 233 g/mol. The second kappa shape index (κ2) is 4.35. The summed E-state index contributed by atoms with van der Waals surface area (Å²) in [4.78, 5) is 4.46. The molecule has 2 rings (SSSR count). The van der Waals surface area contributed by atoms with Gasteiger partial charge in [-0.25, -0.2) is 4.98 Å². The van der Waals surface area contributed by atoms with Gasteiger partial charge >= 0.3 is 0 Å². The van der Waals surface area contributed by atoms with Crippen LogP contribution in [0.2, 0.25) is 0 Å². The minimum absolute atomic E-state index is 0.646.